The fourth-order valence-corrected chi connectivity index (χ4v) is 3.54. The van der Waals surface area contributed by atoms with Crippen LogP contribution in [0.25, 0.3) is 16.8 Å². The zero-order valence-corrected chi connectivity index (χ0v) is 10.5. The van der Waals surface area contributed by atoms with Gasteiger partial charge in [-0.2, -0.15) is 0 Å². The van der Waals surface area contributed by atoms with Crippen LogP contribution in [0.15, 0.2) is 54.9 Å². The Labute approximate surface area is 111 Å². The second kappa shape index (κ2) is 3.15. The number of rotatable bonds is 0. The highest BCUT2D eigenvalue weighted by Gasteiger charge is 2.31. The van der Waals surface area contributed by atoms with E-state index in [1.54, 1.807) is 0 Å². The van der Waals surface area contributed by atoms with Crippen LogP contribution in [0.3, 0.4) is 0 Å². The van der Waals surface area contributed by atoms with Gasteiger partial charge in [0.1, 0.15) is 5.69 Å². The zero-order valence-electron chi connectivity index (χ0n) is 10.5. The highest BCUT2D eigenvalue weighted by molar-refractivity contribution is 5.79. The van der Waals surface area contributed by atoms with Crippen molar-refractivity contribution in [2.45, 2.75) is 13.0 Å². The van der Waals surface area contributed by atoms with Gasteiger partial charge < -0.3 is 0 Å². The van der Waals surface area contributed by atoms with Crippen molar-refractivity contribution < 1.29 is 4.68 Å². The second-order valence-corrected chi connectivity index (χ2v) is 5.36. The van der Waals surface area contributed by atoms with Gasteiger partial charge in [-0.1, -0.05) is 30.3 Å². The summed E-state index contributed by atoms with van der Waals surface area (Å²) in [7, 11) is 0. The second-order valence-electron chi connectivity index (χ2n) is 5.36. The van der Waals surface area contributed by atoms with E-state index in [0.29, 0.717) is 0 Å². The van der Waals surface area contributed by atoms with E-state index in [4.69, 9.17) is 0 Å². The van der Waals surface area contributed by atoms with Crippen molar-refractivity contribution in [2.24, 2.45) is 0 Å². The molecule has 0 atom stereocenters. The molecular formula is C17H13N2+. The SMILES string of the molecule is c1ccc2c(c1)Cc1c-2ccc2c1C[n+]1cccn1-2. The maximum absolute atomic E-state index is 2.29. The smallest absolute Gasteiger partial charge is 0.128 e. The minimum absolute atomic E-state index is 0.999. The van der Waals surface area contributed by atoms with Crippen LogP contribution in [-0.2, 0) is 13.0 Å². The first kappa shape index (κ1) is 9.56. The zero-order chi connectivity index (χ0) is 12.4. The van der Waals surface area contributed by atoms with E-state index in [1.807, 2.05) is 0 Å². The number of fused-ring (bicyclic) bond motifs is 7. The average molecular weight is 245 g/mol. The Morgan fingerprint density at radius 1 is 0.895 bits per heavy atom. The van der Waals surface area contributed by atoms with Crippen molar-refractivity contribution in [3.8, 4) is 16.8 Å². The van der Waals surface area contributed by atoms with Crippen LogP contribution in [0, 0.1) is 0 Å². The minimum Gasteiger partial charge on any atom is -0.128 e. The molecule has 0 saturated carbocycles. The standard InChI is InChI=1S/C17H13N2/c1-2-5-13-12(4-1)10-15-14(13)6-7-17-16(15)11-18-8-3-9-19(17)18/h1-9H,10-11H2/q+1. The van der Waals surface area contributed by atoms with Crippen molar-refractivity contribution in [3.05, 3.63) is 71.5 Å². The quantitative estimate of drug-likeness (QED) is 0.371. The number of hydrogen-bond donors (Lipinski definition) is 0. The molecular weight excluding hydrogens is 232 g/mol. The first-order valence-corrected chi connectivity index (χ1v) is 6.72. The Kier molecular flexibility index (Phi) is 1.59. The third kappa shape index (κ3) is 1.09. The van der Waals surface area contributed by atoms with Gasteiger partial charge in [0, 0.05) is 6.07 Å². The highest BCUT2D eigenvalue weighted by Crippen LogP contribution is 2.40. The summed E-state index contributed by atoms with van der Waals surface area (Å²) in [5, 5.41) is 0. The Morgan fingerprint density at radius 3 is 2.84 bits per heavy atom. The van der Waals surface area contributed by atoms with Gasteiger partial charge in [0.2, 0.25) is 0 Å². The molecule has 1 aliphatic heterocycles. The lowest BCUT2D eigenvalue weighted by Gasteiger charge is -2.04. The lowest BCUT2D eigenvalue weighted by Crippen LogP contribution is -2.36. The third-order valence-electron chi connectivity index (χ3n) is 4.41. The van der Waals surface area contributed by atoms with Crippen LogP contribution >= 0.6 is 0 Å². The van der Waals surface area contributed by atoms with E-state index in [9.17, 15) is 0 Å². The molecule has 1 aromatic heterocycles. The van der Waals surface area contributed by atoms with Crippen LogP contribution in [0.4, 0.5) is 0 Å². The molecule has 0 bridgehead atoms. The van der Waals surface area contributed by atoms with Crippen LogP contribution in [0.5, 0.6) is 0 Å². The van der Waals surface area contributed by atoms with Gasteiger partial charge >= 0.3 is 0 Å². The van der Waals surface area contributed by atoms with Gasteiger partial charge in [0.25, 0.3) is 0 Å². The van der Waals surface area contributed by atoms with Crippen molar-refractivity contribution in [2.75, 3.05) is 0 Å². The number of aromatic nitrogens is 2. The molecule has 0 amide bonds. The van der Waals surface area contributed by atoms with E-state index < -0.39 is 0 Å². The number of benzene rings is 2. The van der Waals surface area contributed by atoms with E-state index in [2.05, 4.69) is 64.2 Å². The maximum atomic E-state index is 2.29. The van der Waals surface area contributed by atoms with Crippen molar-refractivity contribution in [1.29, 1.82) is 0 Å². The fraction of sp³-hybridized carbons (Fsp3) is 0.118. The molecule has 0 N–H and O–H groups in total. The molecule has 0 radical (unpaired) electrons. The summed E-state index contributed by atoms with van der Waals surface area (Å²) in [5.74, 6) is 0. The number of nitrogens with zero attached hydrogens (tertiary/aromatic N) is 2. The van der Waals surface area contributed by atoms with E-state index in [-0.39, 0.29) is 0 Å². The monoisotopic (exact) mass is 245 g/mol. The van der Waals surface area contributed by atoms with Crippen molar-refractivity contribution in [1.82, 2.24) is 4.68 Å². The van der Waals surface area contributed by atoms with Crippen LogP contribution in [-0.4, -0.2) is 4.68 Å². The van der Waals surface area contributed by atoms with Crippen molar-refractivity contribution in [3.63, 3.8) is 0 Å². The third-order valence-corrected chi connectivity index (χ3v) is 4.41. The first-order chi connectivity index (χ1) is 9.42. The van der Waals surface area contributed by atoms with Gasteiger partial charge in [0.05, 0.1) is 11.8 Å². The van der Waals surface area contributed by atoms with Crippen LogP contribution < -0.4 is 4.68 Å². The van der Waals surface area contributed by atoms with Gasteiger partial charge in [-0.25, -0.2) is 0 Å². The Bertz CT molecular complexity index is 827. The average Bonchev–Trinajstić information content (AvgIpc) is 3.09. The largest absolute Gasteiger partial charge is 0.200 e. The fourth-order valence-electron chi connectivity index (χ4n) is 3.54. The summed E-state index contributed by atoms with van der Waals surface area (Å²) in [6, 6.07) is 15.4. The topological polar surface area (TPSA) is 8.81 Å². The molecule has 0 fully saturated rings. The first-order valence-electron chi connectivity index (χ1n) is 6.72. The molecule has 5 rings (SSSR count). The highest BCUT2D eigenvalue weighted by atomic mass is 15.4. The molecule has 0 unspecified atom stereocenters. The summed E-state index contributed by atoms with van der Waals surface area (Å²) in [6.07, 6.45) is 5.37. The van der Waals surface area contributed by atoms with E-state index >= 15 is 0 Å². The Morgan fingerprint density at radius 2 is 1.84 bits per heavy atom. The molecule has 3 aromatic rings. The summed E-state index contributed by atoms with van der Waals surface area (Å²) in [6.45, 7) is 0.999. The van der Waals surface area contributed by atoms with E-state index in [1.165, 1.54) is 33.5 Å². The molecule has 19 heavy (non-hydrogen) atoms. The van der Waals surface area contributed by atoms with Gasteiger partial charge in [0.15, 0.2) is 12.7 Å². The summed E-state index contributed by atoms with van der Waals surface area (Å²) >= 11 is 0. The molecule has 1 aliphatic carbocycles. The lowest BCUT2D eigenvalue weighted by atomic mass is 10.00. The van der Waals surface area contributed by atoms with Gasteiger partial charge in [-0.15, -0.1) is 9.36 Å². The van der Waals surface area contributed by atoms with Crippen LogP contribution in [0.2, 0.25) is 0 Å². The predicted octanol–water partition coefficient (Wildman–Crippen LogP) is 2.70. The molecule has 90 valence electrons. The summed E-state index contributed by atoms with van der Waals surface area (Å²) in [5.41, 5.74) is 8.68. The Balaban J connectivity index is 1.80. The summed E-state index contributed by atoms with van der Waals surface area (Å²) in [4.78, 5) is 0. The predicted molar refractivity (Wildman–Crippen MR) is 73.3 cm³/mol. The number of hydrogen-bond acceptors (Lipinski definition) is 0. The normalized spacial score (nSPS) is 13.9. The molecule has 0 saturated heterocycles. The maximum Gasteiger partial charge on any atom is 0.200 e. The molecule has 2 nitrogen and oxygen atoms in total. The van der Waals surface area contributed by atoms with E-state index in [0.717, 1.165) is 13.0 Å². The molecule has 2 heterocycles. The minimum atomic E-state index is 0.999. The molecule has 2 heteroatoms. The molecule has 2 aliphatic rings. The summed E-state index contributed by atoms with van der Waals surface area (Å²) < 4.78 is 4.52. The molecule has 0 spiro atoms. The van der Waals surface area contributed by atoms with Gasteiger partial charge in [-0.05, 0) is 34.7 Å². The Hall–Kier alpha value is -2.35. The molecule has 2 aromatic carbocycles. The lowest BCUT2D eigenvalue weighted by molar-refractivity contribution is -0.751. The van der Waals surface area contributed by atoms with Crippen LogP contribution in [0.1, 0.15) is 16.7 Å². The van der Waals surface area contributed by atoms with Crippen molar-refractivity contribution >= 4 is 0 Å². The van der Waals surface area contributed by atoms with Gasteiger partial charge in [-0.3, -0.25) is 0 Å².